The van der Waals surface area contributed by atoms with E-state index in [0.717, 1.165) is 16.9 Å². The molecule has 5 nitrogen and oxygen atoms in total. The molecule has 0 saturated carbocycles. The topological polar surface area (TPSA) is 59.0 Å². The van der Waals surface area contributed by atoms with Crippen LogP contribution in [0.5, 0.6) is 5.75 Å². The highest BCUT2D eigenvalue weighted by Crippen LogP contribution is 2.31. The summed E-state index contributed by atoms with van der Waals surface area (Å²) < 4.78 is 10.6. The number of hydrogen-bond donors (Lipinski definition) is 1. The van der Waals surface area contributed by atoms with Crippen molar-refractivity contribution in [3.05, 3.63) is 29.3 Å². The van der Waals surface area contributed by atoms with E-state index in [2.05, 4.69) is 0 Å². The van der Waals surface area contributed by atoms with Crippen LogP contribution in [0.4, 0.5) is 4.79 Å². The normalized spacial score (nSPS) is 16.9. The second-order valence-corrected chi connectivity index (χ2v) is 7.05. The molecule has 0 spiro atoms. The lowest BCUT2D eigenvalue weighted by molar-refractivity contribution is -0.0975. The van der Waals surface area contributed by atoms with Crippen molar-refractivity contribution in [3.63, 3.8) is 0 Å². The smallest absolute Gasteiger partial charge is 0.410 e. The Balaban J connectivity index is 1.99. The minimum absolute atomic E-state index is 0.277. The van der Waals surface area contributed by atoms with Crippen LogP contribution in [0.1, 0.15) is 31.9 Å². The van der Waals surface area contributed by atoms with E-state index in [0.29, 0.717) is 6.42 Å². The number of carbonyl (C=O) groups is 1. The van der Waals surface area contributed by atoms with Gasteiger partial charge in [-0.25, -0.2) is 4.79 Å². The molecule has 1 aliphatic rings. The molecule has 0 radical (unpaired) electrons. The van der Waals surface area contributed by atoms with Gasteiger partial charge in [0, 0.05) is 6.42 Å². The summed E-state index contributed by atoms with van der Waals surface area (Å²) in [5, 5.41) is 10.6. The third-order valence-corrected chi connectivity index (χ3v) is 3.58. The molecule has 0 bridgehead atoms. The number of amides is 1. The van der Waals surface area contributed by atoms with Crippen molar-refractivity contribution in [2.24, 2.45) is 0 Å². The molecular weight excluding hydrogens is 282 g/mol. The van der Waals surface area contributed by atoms with Gasteiger partial charge in [-0.05, 0) is 39.3 Å². The van der Waals surface area contributed by atoms with Crippen LogP contribution >= 0.6 is 0 Å². The third-order valence-electron chi connectivity index (χ3n) is 3.58. The zero-order chi connectivity index (χ0) is 16.5. The van der Waals surface area contributed by atoms with E-state index >= 15 is 0 Å². The lowest BCUT2D eigenvalue weighted by atomic mass is 9.86. The number of β-amino-alcohol motifs (C(OH)–C–C–N with tert-alkyl or cyclic N) is 1. The Morgan fingerprint density at radius 2 is 2.00 bits per heavy atom. The van der Waals surface area contributed by atoms with Crippen molar-refractivity contribution in [2.45, 2.75) is 45.3 Å². The van der Waals surface area contributed by atoms with Gasteiger partial charge in [0.25, 0.3) is 0 Å². The molecule has 1 aromatic rings. The van der Waals surface area contributed by atoms with Crippen molar-refractivity contribution < 1.29 is 19.4 Å². The van der Waals surface area contributed by atoms with E-state index in [1.54, 1.807) is 7.11 Å². The van der Waals surface area contributed by atoms with E-state index in [1.165, 1.54) is 4.90 Å². The van der Waals surface area contributed by atoms with Crippen LogP contribution in [-0.4, -0.2) is 47.5 Å². The molecule has 1 saturated heterocycles. The molecule has 122 valence electrons. The van der Waals surface area contributed by atoms with E-state index in [-0.39, 0.29) is 19.2 Å². The van der Waals surface area contributed by atoms with Crippen LogP contribution in [0.25, 0.3) is 0 Å². The molecule has 1 fully saturated rings. The molecule has 0 aromatic heterocycles. The first-order valence-corrected chi connectivity index (χ1v) is 7.46. The number of hydrogen-bond acceptors (Lipinski definition) is 4. The van der Waals surface area contributed by atoms with Gasteiger partial charge in [-0.1, -0.05) is 17.7 Å². The summed E-state index contributed by atoms with van der Waals surface area (Å²) in [4.78, 5) is 13.4. The number of methoxy groups -OCH3 is 1. The quantitative estimate of drug-likeness (QED) is 0.932. The van der Waals surface area contributed by atoms with Gasteiger partial charge < -0.3 is 19.5 Å². The molecule has 1 aliphatic heterocycles. The summed E-state index contributed by atoms with van der Waals surface area (Å²) in [6.07, 6.45) is 0.0744. The summed E-state index contributed by atoms with van der Waals surface area (Å²) in [6.45, 7) is 8.04. The first-order chi connectivity index (χ1) is 10.1. The summed E-state index contributed by atoms with van der Waals surface area (Å²) in [5.41, 5.74) is 0.624. The maximum atomic E-state index is 11.9. The van der Waals surface area contributed by atoms with Gasteiger partial charge in [0.15, 0.2) is 0 Å². The zero-order valence-corrected chi connectivity index (χ0v) is 14.0. The number of rotatable bonds is 3. The fraction of sp³-hybridized carbons (Fsp3) is 0.588. The molecule has 0 aliphatic carbocycles. The Kier molecular flexibility index (Phi) is 4.38. The van der Waals surface area contributed by atoms with Gasteiger partial charge in [0.05, 0.1) is 20.2 Å². The van der Waals surface area contributed by atoms with Crippen LogP contribution in [-0.2, 0) is 11.2 Å². The summed E-state index contributed by atoms with van der Waals surface area (Å²) in [6, 6.07) is 5.88. The Hall–Kier alpha value is -1.75. The third kappa shape index (κ3) is 3.91. The standard InChI is InChI=1S/C17H25NO4/c1-12-6-7-14(21-5)13(8-12)9-17(20)10-18(11-17)15(19)22-16(2,3)4/h6-8,20H,9-11H2,1-5H3. The lowest BCUT2D eigenvalue weighted by Crippen LogP contribution is -2.65. The minimum Gasteiger partial charge on any atom is -0.496 e. The van der Waals surface area contributed by atoms with E-state index in [9.17, 15) is 9.90 Å². The average molecular weight is 307 g/mol. The van der Waals surface area contributed by atoms with Gasteiger partial charge in [0.2, 0.25) is 0 Å². The number of likely N-dealkylation sites (tertiary alicyclic amines) is 1. The first-order valence-electron chi connectivity index (χ1n) is 7.46. The molecule has 1 heterocycles. The van der Waals surface area contributed by atoms with Gasteiger partial charge in [0.1, 0.15) is 17.0 Å². The number of aryl methyl sites for hydroxylation is 1. The lowest BCUT2D eigenvalue weighted by Gasteiger charge is -2.46. The van der Waals surface area contributed by atoms with Crippen LogP contribution < -0.4 is 4.74 Å². The average Bonchev–Trinajstić information content (AvgIpc) is 2.34. The second kappa shape index (κ2) is 5.80. The first kappa shape index (κ1) is 16.6. The predicted octanol–water partition coefficient (Wildman–Crippen LogP) is 2.53. The molecule has 1 amide bonds. The summed E-state index contributed by atoms with van der Waals surface area (Å²) in [7, 11) is 1.62. The molecular formula is C17H25NO4. The number of aliphatic hydroxyl groups is 1. The van der Waals surface area contributed by atoms with Crippen molar-refractivity contribution in [2.75, 3.05) is 20.2 Å². The molecule has 1 aromatic carbocycles. The number of nitrogens with zero attached hydrogens (tertiary/aromatic N) is 1. The maximum absolute atomic E-state index is 11.9. The van der Waals surface area contributed by atoms with Crippen LogP contribution in [0, 0.1) is 6.92 Å². The highest BCUT2D eigenvalue weighted by molar-refractivity contribution is 5.69. The molecule has 22 heavy (non-hydrogen) atoms. The molecule has 1 N–H and O–H groups in total. The van der Waals surface area contributed by atoms with Gasteiger partial charge >= 0.3 is 6.09 Å². The van der Waals surface area contributed by atoms with Crippen LogP contribution in [0.15, 0.2) is 18.2 Å². The van der Waals surface area contributed by atoms with E-state index in [4.69, 9.17) is 9.47 Å². The second-order valence-electron chi connectivity index (χ2n) is 7.05. The Morgan fingerprint density at radius 3 is 2.55 bits per heavy atom. The molecule has 0 unspecified atom stereocenters. The van der Waals surface area contributed by atoms with Crippen LogP contribution in [0.2, 0.25) is 0 Å². The van der Waals surface area contributed by atoms with Gasteiger partial charge in [-0.2, -0.15) is 0 Å². The summed E-state index contributed by atoms with van der Waals surface area (Å²) >= 11 is 0. The Labute approximate surface area is 131 Å². The van der Waals surface area contributed by atoms with Crippen molar-refractivity contribution in [1.82, 2.24) is 4.90 Å². The zero-order valence-electron chi connectivity index (χ0n) is 14.0. The highest BCUT2D eigenvalue weighted by Gasteiger charge is 2.45. The highest BCUT2D eigenvalue weighted by atomic mass is 16.6. The van der Waals surface area contributed by atoms with Crippen molar-refractivity contribution >= 4 is 6.09 Å². The van der Waals surface area contributed by atoms with Crippen molar-refractivity contribution in [1.29, 1.82) is 0 Å². The number of ether oxygens (including phenoxy) is 2. The maximum Gasteiger partial charge on any atom is 0.410 e. The minimum atomic E-state index is -0.919. The van der Waals surface area contributed by atoms with Gasteiger partial charge in [-0.15, -0.1) is 0 Å². The number of benzene rings is 1. The fourth-order valence-corrected chi connectivity index (χ4v) is 2.63. The predicted molar refractivity (Wildman–Crippen MR) is 84.2 cm³/mol. The monoisotopic (exact) mass is 307 g/mol. The largest absolute Gasteiger partial charge is 0.496 e. The van der Waals surface area contributed by atoms with Crippen LogP contribution in [0.3, 0.4) is 0 Å². The van der Waals surface area contributed by atoms with E-state index < -0.39 is 11.2 Å². The molecule has 0 atom stereocenters. The fourth-order valence-electron chi connectivity index (χ4n) is 2.63. The number of carbonyl (C=O) groups excluding carboxylic acids is 1. The summed E-state index contributed by atoms with van der Waals surface area (Å²) in [5.74, 6) is 0.759. The molecule has 5 heteroatoms. The Morgan fingerprint density at radius 1 is 1.36 bits per heavy atom. The Bertz CT molecular complexity index is 556. The van der Waals surface area contributed by atoms with E-state index in [1.807, 2.05) is 45.9 Å². The molecule has 2 rings (SSSR count). The SMILES string of the molecule is COc1ccc(C)cc1CC1(O)CN(C(=O)OC(C)(C)C)C1. The van der Waals surface area contributed by atoms with Gasteiger partial charge in [-0.3, -0.25) is 0 Å². The van der Waals surface area contributed by atoms with Crippen molar-refractivity contribution in [3.8, 4) is 5.75 Å².